The molecule has 7 rings (SSSR count). The molecule has 334 valence electrons. The summed E-state index contributed by atoms with van der Waals surface area (Å²) in [5.41, 5.74) is 0.826. The summed E-state index contributed by atoms with van der Waals surface area (Å²) in [6, 6.07) is -0.217. The predicted molar refractivity (Wildman–Crippen MR) is 229 cm³/mol. The van der Waals surface area contributed by atoms with Crippen molar-refractivity contribution in [3.8, 4) is 0 Å². The van der Waals surface area contributed by atoms with Gasteiger partial charge in [0.15, 0.2) is 9.84 Å². The summed E-state index contributed by atoms with van der Waals surface area (Å²) in [4.78, 5) is 40.5. The zero-order chi connectivity index (χ0) is 43.1. The maximum absolute atomic E-state index is 13.7. The highest BCUT2D eigenvalue weighted by atomic mass is 32.2. The molecule has 3 N–H and O–H groups in total. The number of hydrogen-bond donors (Lipinski definition) is 3. The summed E-state index contributed by atoms with van der Waals surface area (Å²) in [6.45, 7) is 27.4. The number of alkyl carbamates (subject to hydrolysis) is 1. The highest BCUT2D eigenvalue weighted by Gasteiger charge is 2.71. The fourth-order valence-electron chi connectivity index (χ4n) is 15.7. The number of carboxylic acids is 1. The number of nitrogens with one attached hydrogen (secondary N) is 2. The molecule has 1 aliphatic heterocycles. The molecule has 1 heterocycles. The average molecular weight is 844 g/mol. The van der Waals surface area contributed by atoms with Crippen LogP contribution in [-0.4, -0.2) is 98.4 Å². The third kappa shape index (κ3) is 7.40. The lowest BCUT2D eigenvalue weighted by Crippen LogP contribution is -2.69. The van der Waals surface area contributed by atoms with Gasteiger partial charge in [-0.15, -0.1) is 0 Å². The SMILES string of the molecule is C=C(C)[C@@H]1CC[C@]2(NCC(CN3CCS(=O)(=O)CC3)NC(=O)OCC)CC[C@]3(C)[C@H](CC[C@@H]4[C@@]5(C)CC[C@H](OC(=O)[C@H]6C[C@@H](C(=O)O)C6(C)C)C(C)(C)[C@@H]5CC[C@]43C)[C@@H]12. The van der Waals surface area contributed by atoms with Crippen molar-refractivity contribution >= 4 is 27.9 Å². The van der Waals surface area contributed by atoms with Gasteiger partial charge < -0.3 is 25.2 Å². The molecule has 1 amide bonds. The molecule has 1 unspecified atom stereocenters. The summed E-state index contributed by atoms with van der Waals surface area (Å²) >= 11 is 0. The van der Waals surface area contributed by atoms with E-state index in [0.29, 0.717) is 68.8 Å². The number of sulfone groups is 1. The fourth-order valence-corrected chi connectivity index (χ4v) is 17.0. The number of amides is 1. The molecule has 0 spiro atoms. The number of carboxylic acid groups (broad SMARTS) is 1. The minimum atomic E-state index is -3.01. The van der Waals surface area contributed by atoms with Gasteiger partial charge in [-0.3, -0.25) is 14.5 Å². The number of fused-ring (bicyclic) bond motifs is 7. The predicted octanol–water partition coefficient (Wildman–Crippen LogP) is 7.49. The lowest BCUT2D eigenvalue weighted by atomic mass is 9.32. The molecule has 0 radical (unpaired) electrons. The number of aliphatic carboxylic acids is 1. The van der Waals surface area contributed by atoms with Gasteiger partial charge in [-0.05, 0) is 136 Å². The maximum atomic E-state index is 13.7. The van der Waals surface area contributed by atoms with Crippen molar-refractivity contribution in [2.45, 2.75) is 151 Å². The van der Waals surface area contributed by atoms with Crippen LogP contribution in [0.25, 0.3) is 0 Å². The third-order valence-electron chi connectivity index (χ3n) is 19.3. The van der Waals surface area contributed by atoms with Gasteiger partial charge in [0.1, 0.15) is 6.10 Å². The summed E-state index contributed by atoms with van der Waals surface area (Å²) in [5.74, 6) is 0.761. The molecule has 0 aromatic rings. The Morgan fingerprint density at radius 3 is 2.17 bits per heavy atom. The first-order chi connectivity index (χ1) is 27.5. The van der Waals surface area contributed by atoms with E-state index in [1.54, 1.807) is 0 Å². The zero-order valence-corrected chi connectivity index (χ0v) is 38.6. The number of ether oxygens (including phenoxy) is 2. The highest BCUT2D eigenvalue weighted by Crippen LogP contribution is 2.76. The second-order valence-electron chi connectivity index (χ2n) is 22.5. The van der Waals surface area contributed by atoms with Crippen LogP contribution in [0.1, 0.15) is 133 Å². The zero-order valence-electron chi connectivity index (χ0n) is 37.8. The smallest absolute Gasteiger partial charge is 0.407 e. The number of carbonyl (C=O) groups excluding carboxylic acids is 2. The number of allylic oxidation sites excluding steroid dienone is 1. The van der Waals surface area contributed by atoms with Gasteiger partial charge in [0, 0.05) is 37.1 Å². The minimum Gasteiger partial charge on any atom is -0.481 e. The second kappa shape index (κ2) is 15.6. The van der Waals surface area contributed by atoms with Gasteiger partial charge >= 0.3 is 18.0 Å². The average Bonchev–Trinajstić information content (AvgIpc) is 3.53. The molecular weight excluding hydrogens is 767 g/mol. The van der Waals surface area contributed by atoms with Crippen LogP contribution < -0.4 is 10.6 Å². The topological polar surface area (TPSA) is 151 Å². The summed E-state index contributed by atoms with van der Waals surface area (Å²) in [7, 11) is -3.01. The fraction of sp³-hybridized carbons (Fsp3) is 0.894. The third-order valence-corrected chi connectivity index (χ3v) is 20.9. The van der Waals surface area contributed by atoms with Crippen LogP contribution in [-0.2, 0) is 28.9 Å². The van der Waals surface area contributed by atoms with Crippen LogP contribution in [0, 0.1) is 68.5 Å². The van der Waals surface area contributed by atoms with Crippen molar-refractivity contribution in [1.29, 1.82) is 0 Å². The van der Waals surface area contributed by atoms with Crippen LogP contribution in [0.4, 0.5) is 4.79 Å². The number of hydrogen-bond acceptors (Lipinski definition) is 9. The van der Waals surface area contributed by atoms with E-state index in [4.69, 9.17) is 9.47 Å². The molecule has 13 atom stereocenters. The molecular formula is C47H77N3O8S. The van der Waals surface area contributed by atoms with Gasteiger partial charge in [-0.1, -0.05) is 60.6 Å². The van der Waals surface area contributed by atoms with Crippen molar-refractivity contribution in [2.75, 3.05) is 44.3 Å². The normalized spacial score (nSPS) is 43.6. The molecule has 0 aromatic heterocycles. The quantitative estimate of drug-likeness (QED) is 0.141. The van der Waals surface area contributed by atoms with Crippen molar-refractivity contribution in [2.24, 2.45) is 68.5 Å². The maximum Gasteiger partial charge on any atom is 0.407 e. The minimum absolute atomic E-state index is 0.0681. The van der Waals surface area contributed by atoms with E-state index >= 15 is 0 Å². The van der Waals surface area contributed by atoms with Crippen molar-refractivity contribution in [1.82, 2.24) is 15.5 Å². The first-order valence-electron chi connectivity index (χ1n) is 23.2. The first-order valence-corrected chi connectivity index (χ1v) is 25.0. The number of nitrogens with zero attached hydrogens (tertiary/aromatic N) is 1. The second-order valence-corrected chi connectivity index (χ2v) is 24.8. The van der Waals surface area contributed by atoms with E-state index in [0.717, 1.165) is 51.4 Å². The number of carbonyl (C=O) groups is 3. The molecule has 6 saturated carbocycles. The molecule has 7 fully saturated rings. The van der Waals surface area contributed by atoms with Gasteiger partial charge in [0.25, 0.3) is 0 Å². The molecule has 0 bridgehead atoms. The molecule has 6 aliphatic carbocycles. The largest absolute Gasteiger partial charge is 0.481 e. The van der Waals surface area contributed by atoms with E-state index in [1.165, 1.54) is 18.4 Å². The van der Waals surface area contributed by atoms with Crippen LogP contribution >= 0.6 is 0 Å². The molecule has 59 heavy (non-hydrogen) atoms. The van der Waals surface area contributed by atoms with Crippen molar-refractivity contribution in [3.63, 3.8) is 0 Å². The van der Waals surface area contributed by atoms with E-state index < -0.39 is 33.2 Å². The van der Waals surface area contributed by atoms with E-state index in [-0.39, 0.29) is 62.7 Å². The lowest BCUT2D eigenvalue weighted by Gasteiger charge is -2.73. The Kier molecular flexibility index (Phi) is 11.8. The van der Waals surface area contributed by atoms with Crippen LogP contribution in [0.3, 0.4) is 0 Å². The Bertz CT molecular complexity index is 1770. The monoisotopic (exact) mass is 844 g/mol. The summed E-state index contributed by atoms with van der Waals surface area (Å²) < 4.78 is 36.2. The number of rotatable bonds is 11. The Hall–Kier alpha value is -2.18. The Morgan fingerprint density at radius 2 is 1.54 bits per heavy atom. The van der Waals surface area contributed by atoms with Crippen LogP contribution in [0.5, 0.6) is 0 Å². The van der Waals surface area contributed by atoms with Gasteiger partial charge in [0.05, 0.1) is 36.0 Å². The lowest BCUT2D eigenvalue weighted by molar-refractivity contribution is -0.248. The molecule has 12 heteroatoms. The molecule has 1 saturated heterocycles. The van der Waals surface area contributed by atoms with Crippen molar-refractivity contribution in [3.05, 3.63) is 12.2 Å². The van der Waals surface area contributed by atoms with Gasteiger partial charge in [0.2, 0.25) is 0 Å². The first kappa shape index (κ1) is 44.9. The summed E-state index contributed by atoms with van der Waals surface area (Å²) in [5, 5.41) is 17.0. The molecule has 0 aromatic carbocycles. The van der Waals surface area contributed by atoms with E-state index in [2.05, 4.69) is 63.7 Å². The Balaban J connectivity index is 1.09. The Labute approximate surface area is 355 Å². The van der Waals surface area contributed by atoms with Crippen LogP contribution in [0.2, 0.25) is 0 Å². The van der Waals surface area contributed by atoms with Crippen LogP contribution in [0.15, 0.2) is 12.2 Å². The standard InChI is InChI=1S/C47H77N3O8S/c1-11-57-41(54)49-30(28-50-22-24-59(55,56)25-23-50)27-48-47-19-14-31(29(2)3)38(47)32-12-13-36-44(8)17-16-37(58-40(53)34-26-33(39(51)52)42(34,4)5)43(6,7)35(44)15-18-46(36,10)45(32,9)20-21-47/h30-38,48H,2,11-28H2,1,3-10H3,(H,49,54)(H,51,52)/t30?,31-,32+,33-,34+,35-,36+,37-,38+,44-,45+,46+,47-/m0/s1. The number of esters is 1. The van der Waals surface area contributed by atoms with E-state index in [9.17, 15) is 27.9 Å². The van der Waals surface area contributed by atoms with Crippen molar-refractivity contribution < 1.29 is 37.4 Å². The summed E-state index contributed by atoms with van der Waals surface area (Å²) in [6.07, 6.45) is 10.7. The molecule has 7 aliphatic rings. The van der Waals surface area contributed by atoms with Gasteiger partial charge in [-0.2, -0.15) is 0 Å². The Morgan fingerprint density at radius 1 is 0.847 bits per heavy atom. The van der Waals surface area contributed by atoms with Gasteiger partial charge in [-0.25, -0.2) is 13.2 Å². The molecule has 11 nitrogen and oxygen atoms in total. The van der Waals surface area contributed by atoms with E-state index in [1.807, 2.05) is 20.8 Å². The highest BCUT2D eigenvalue weighted by molar-refractivity contribution is 7.91.